The van der Waals surface area contributed by atoms with Crippen molar-refractivity contribution in [2.24, 2.45) is 0 Å². The summed E-state index contributed by atoms with van der Waals surface area (Å²) in [6.07, 6.45) is 2.64. The maximum Gasteiger partial charge on any atom is 0.291 e. The van der Waals surface area contributed by atoms with Gasteiger partial charge in [-0.25, -0.2) is 0 Å². The summed E-state index contributed by atoms with van der Waals surface area (Å²) in [5, 5.41) is 4.82. The number of carbonyl (C=O) groups excluding carboxylic acids is 1. The third-order valence-electron chi connectivity index (χ3n) is 5.02. The van der Waals surface area contributed by atoms with Crippen LogP contribution in [0.25, 0.3) is 21.9 Å². The molecule has 0 fully saturated rings. The van der Waals surface area contributed by atoms with Gasteiger partial charge in [-0.1, -0.05) is 13.0 Å². The molecule has 29 heavy (non-hydrogen) atoms. The predicted octanol–water partition coefficient (Wildman–Crippen LogP) is 5.95. The molecule has 2 aromatic heterocycles. The lowest BCUT2D eigenvalue weighted by molar-refractivity contribution is 0.0998. The zero-order valence-electron chi connectivity index (χ0n) is 17.1. The molecule has 2 aromatic carbocycles. The number of rotatable bonds is 5. The highest BCUT2D eigenvalue weighted by Gasteiger charge is 2.20. The second kappa shape index (κ2) is 7.59. The van der Waals surface area contributed by atoms with Crippen LogP contribution >= 0.6 is 0 Å². The number of anilines is 1. The Bertz CT molecular complexity index is 1220. The number of nitrogens with one attached hydrogen (secondary N) is 1. The monoisotopic (exact) mass is 388 g/mol. The van der Waals surface area contributed by atoms with Crippen molar-refractivity contribution < 1.29 is 13.9 Å². The zero-order chi connectivity index (χ0) is 20.5. The molecule has 0 radical (unpaired) electrons. The van der Waals surface area contributed by atoms with Gasteiger partial charge >= 0.3 is 0 Å². The van der Waals surface area contributed by atoms with Crippen molar-refractivity contribution in [3.05, 3.63) is 65.0 Å². The maximum atomic E-state index is 13.0. The van der Waals surface area contributed by atoms with Gasteiger partial charge in [0, 0.05) is 22.5 Å². The number of hydrogen-bond acceptors (Lipinski definition) is 4. The molecule has 0 spiro atoms. The molecular weight excluding hydrogens is 364 g/mol. The molecule has 0 aliphatic carbocycles. The van der Waals surface area contributed by atoms with Crippen molar-refractivity contribution >= 4 is 33.5 Å². The fraction of sp³-hybridized carbons (Fsp3) is 0.250. The lowest BCUT2D eigenvalue weighted by Crippen LogP contribution is -2.12. The van der Waals surface area contributed by atoms with Crippen LogP contribution in [0.3, 0.4) is 0 Å². The molecule has 4 aromatic rings. The van der Waals surface area contributed by atoms with E-state index in [0.717, 1.165) is 45.0 Å². The summed E-state index contributed by atoms with van der Waals surface area (Å²) in [4.78, 5) is 17.5. The summed E-state index contributed by atoms with van der Waals surface area (Å²) < 4.78 is 11.7. The normalized spacial score (nSPS) is 11.2. The van der Waals surface area contributed by atoms with E-state index in [0.29, 0.717) is 23.8 Å². The van der Waals surface area contributed by atoms with Gasteiger partial charge in [0.25, 0.3) is 5.91 Å². The Kier molecular flexibility index (Phi) is 4.97. The average Bonchev–Trinajstić information content (AvgIpc) is 3.04. The first-order valence-electron chi connectivity index (χ1n) is 9.81. The number of benzene rings is 2. The van der Waals surface area contributed by atoms with Gasteiger partial charge in [-0.3, -0.25) is 9.78 Å². The van der Waals surface area contributed by atoms with Crippen LogP contribution in [0.1, 0.15) is 40.6 Å². The van der Waals surface area contributed by atoms with Crippen molar-refractivity contribution in [2.75, 3.05) is 11.9 Å². The smallest absolute Gasteiger partial charge is 0.291 e. The van der Waals surface area contributed by atoms with Crippen LogP contribution in [0.15, 0.2) is 47.0 Å². The number of aromatic nitrogens is 1. The fourth-order valence-electron chi connectivity index (χ4n) is 3.77. The van der Waals surface area contributed by atoms with E-state index in [9.17, 15) is 4.79 Å². The fourth-order valence-corrected chi connectivity index (χ4v) is 3.77. The van der Waals surface area contributed by atoms with E-state index in [-0.39, 0.29) is 5.91 Å². The lowest BCUT2D eigenvalue weighted by Gasteiger charge is -2.12. The van der Waals surface area contributed by atoms with E-state index in [4.69, 9.17) is 9.15 Å². The van der Waals surface area contributed by atoms with Crippen LogP contribution in [0.2, 0.25) is 0 Å². The number of nitrogens with zero attached hydrogens (tertiary/aromatic N) is 1. The van der Waals surface area contributed by atoms with Crippen molar-refractivity contribution in [1.82, 2.24) is 4.98 Å². The molecule has 0 saturated carbocycles. The summed E-state index contributed by atoms with van der Waals surface area (Å²) in [5.74, 6) is 0.770. The van der Waals surface area contributed by atoms with Gasteiger partial charge in [0.15, 0.2) is 5.76 Å². The third-order valence-corrected chi connectivity index (χ3v) is 5.02. The van der Waals surface area contributed by atoms with Crippen LogP contribution < -0.4 is 10.1 Å². The van der Waals surface area contributed by atoms with Crippen LogP contribution in [0, 0.1) is 20.8 Å². The van der Waals surface area contributed by atoms with Gasteiger partial charge < -0.3 is 14.5 Å². The molecule has 148 valence electrons. The molecule has 5 nitrogen and oxygen atoms in total. The summed E-state index contributed by atoms with van der Waals surface area (Å²) >= 11 is 0. The number of aryl methyl sites for hydroxylation is 3. The molecule has 0 atom stereocenters. The highest BCUT2D eigenvalue weighted by Crippen LogP contribution is 2.32. The third kappa shape index (κ3) is 3.44. The number of fused-ring (bicyclic) bond motifs is 2. The zero-order valence-corrected chi connectivity index (χ0v) is 17.1. The van der Waals surface area contributed by atoms with Gasteiger partial charge in [0.05, 0.1) is 12.3 Å². The molecule has 5 heteroatoms. The Hall–Kier alpha value is -3.34. The first kappa shape index (κ1) is 19.0. The van der Waals surface area contributed by atoms with Crippen molar-refractivity contribution in [3.8, 4) is 5.75 Å². The topological polar surface area (TPSA) is 64.4 Å². The van der Waals surface area contributed by atoms with Gasteiger partial charge in [0.1, 0.15) is 16.8 Å². The van der Waals surface area contributed by atoms with Crippen molar-refractivity contribution in [2.45, 2.75) is 34.1 Å². The molecule has 0 unspecified atom stereocenters. The number of hydrogen-bond donors (Lipinski definition) is 1. The van der Waals surface area contributed by atoms with Crippen LogP contribution in [0.5, 0.6) is 5.75 Å². The van der Waals surface area contributed by atoms with Crippen LogP contribution in [-0.4, -0.2) is 17.5 Å². The van der Waals surface area contributed by atoms with Crippen LogP contribution in [0.4, 0.5) is 5.69 Å². The van der Waals surface area contributed by atoms with Gasteiger partial charge in [0.2, 0.25) is 0 Å². The number of furan rings is 1. The molecule has 1 N–H and O–H groups in total. The highest BCUT2D eigenvalue weighted by molar-refractivity contribution is 6.10. The molecule has 2 heterocycles. The minimum atomic E-state index is -0.275. The number of ether oxygens (including phenoxy) is 1. The van der Waals surface area contributed by atoms with E-state index < -0.39 is 0 Å². The second-order valence-corrected chi connectivity index (χ2v) is 7.32. The maximum absolute atomic E-state index is 13.0. The molecule has 0 bridgehead atoms. The Balaban J connectivity index is 1.72. The van der Waals surface area contributed by atoms with E-state index in [1.54, 1.807) is 6.20 Å². The Morgan fingerprint density at radius 3 is 2.79 bits per heavy atom. The van der Waals surface area contributed by atoms with E-state index in [1.807, 2.05) is 51.1 Å². The van der Waals surface area contributed by atoms with E-state index >= 15 is 0 Å². The van der Waals surface area contributed by atoms with Gasteiger partial charge in [-0.05, 0) is 68.7 Å². The molecule has 0 aliphatic heterocycles. The second-order valence-electron chi connectivity index (χ2n) is 7.32. The Morgan fingerprint density at radius 1 is 1.17 bits per heavy atom. The summed E-state index contributed by atoms with van der Waals surface area (Å²) in [6.45, 7) is 8.65. The van der Waals surface area contributed by atoms with Gasteiger partial charge in [-0.2, -0.15) is 0 Å². The predicted molar refractivity (Wildman–Crippen MR) is 116 cm³/mol. The van der Waals surface area contributed by atoms with Crippen molar-refractivity contribution in [1.29, 1.82) is 0 Å². The minimum Gasteiger partial charge on any atom is -0.491 e. The molecule has 1 amide bonds. The van der Waals surface area contributed by atoms with Gasteiger partial charge in [-0.15, -0.1) is 0 Å². The standard InChI is InChI=1S/C24H24N2O3/c1-5-11-28-19-9-8-18(17-7-6-10-25-22(17)19)26-24(27)23-16(4)21-15(3)12-14(2)13-20(21)29-23/h6-10,12-13H,5,11H2,1-4H3,(H,26,27). The van der Waals surface area contributed by atoms with Crippen LogP contribution in [-0.2, 0) is 0 Å². The molecule has 0 aliphatic rings. The lowest BCUT2D eigenvalue weighted by atomic mass is 10.0. The highest BCUT2D eigenvalue weighted by atomic mass is 16.5. The quantitative estimate of drug-likeness (QED) is 0.459. The summed E-state index contributed by atoms with van der Waals surface area (Å²) in [5.41, 5.74) is 5.20. The number of pyridine rings is 1. The molecule has 0 saturated heterocycles. The first-order valence-corrected chi connectivity index (χ1v) is 9.81. The van der Waals surface area contributed by atoms with Crippen molar-refractivity contribution in [3.63, 3.8) is 0 Å². The average molecular weight is 388 g/mol. The van der Waals surface area contributed by atoms with E-state index in [1.165, 1.54) is 0 Å². The summed E-state index contributed by atoms with van der Waals surface area (Å²) in [6, 6.07) is 11.5. The molecule has 4 rings (SSSR count). The minimum absolute atomic E-state index is 0.275. The largest absolute Gasteiger partial charge is 0.491 e. The van der Waals surface area contributed by atoms with E-state index in [2.05, 4.69) is 23.3 Å². The first-order chi connectivity index (χ1) is 14.0. The summed E-state index contributed by atoms with van der Waals surface area (Å²) in [7, 11) is 0. The Morgan fingerprint density at radius 2 is 2.00 bits per heavy atom. The Labute approximate surface area is 169 Å². The number of carbonyl (C=O) groups is 1. The number of amides is 1. The molecular formula is C24H24N2O3. The SMILES string of the molecule is CCCOc1ccc(NC(=O)c2oc3cc(C)cc(C)c3c2C)c2cccnc12.